The fourth-order valence-corrected chi connectivity index (χ4v) is 2.95. The van der Waals surface area contributed by atoms with Gasteiger partial charge in [-0.1, -0.05) is 18.2 Å². The summed E-state index contributed by atoms with van der Waals surface area (Å²) in [7, 11) is 0.118. The van der Waals surface area contributed by atoms with Gasteiger partial charge in [0.15, 0.2) is 0 Å². The van der Waals surface area contributed by atoms with E-state index in [4.69, 9.17) is 0 Å². The second-order valence-corrected chi connectivity index (χ2v) is 5.96. The van der Waals surface area contributed by atoms with Crippen molar-refractivity contribution >= 4 is 15.7 Å². The van der Waals surface area contributed by atoms with Crippen molar-refractivity contribution in [2.24, 2.45) is 7.05 Å². The molecule has 0 spiro atoms. The Morgan fingerprint density at radius 2 is 1.89 bits per heavy atom. The van der Waals surface area contributed by atoms with Crippen LogP contribution in [-0.4, -0.2) is 20.0 Å². The first-order chi connectivity index (χ1) is 9.03. The van der Waals surface area contributed by atoms with Crippen LogP contribution < -0.4 is 10.0 Å². The van der Waals surface area contributed by atoms with Crippen molar-refractivity contribution in [2.45, 2.75) is 11.4 Å². The minimum absolute atomic E-state index is 0.268. The maximum absolute atomic E-state index is 12.2. The van der Waals surface area contributed by atoms with Gasteiger partial charge in [-0.15, -0.1) is 0 Å². The van der Waals surface area contributed by atoms with Gasteiger partial charge in [-0.2, -0.15) is 0 Å². The predicted octanol–water partition coefficient (Wildman–Crippen LogP) is 1.55. The van der Waals surface area contributed by atoms with E-state index in [0.717, 1.165) is 5.69 Å². The molecule has 0 aliphatic heterocycles. The van der Waals surface area contributed by atoms with Crippen molar-refractivity contribution in [3.63, 3.8) is 0 Å². The van der Waals surface area contributed by atoms with Crippen LogP contribution >= 0.6 is 0 Å². The summed E-state index contributed by atoms with van der Waals surface area (Å²) >= 11 is 0. The van der Waals surface area contributed by atoms with E-state index in [1.54, 1.807) is 41.1 Å². The highest BCUT2D eigenvalue weighted by atomic mass is 32.2. The van der Waals surface area contributed by atoms with Crippen LogP contribution in [0.1, 0.15) is 5.69 Å². The number of hydrogen-bond donors (Lipinski definition) is 2. The van der Waals surface area contributed by atoms with Crippen molar-refractivity contribution < 1.29 is 8.42 Å². The molecule has 19 heavy (non-hydrogen) atoms. The van der Waals surface area contributed by atoms with Crippen molar-refractivity contribution in [1.82, 2.24) is 9.88 Å². The second-order valence-electron chi connectivity index (χ2n) is 4.28. The monoisotopic (exact) mass is 279 g/mol. The summed E-state index contributed by atoms with van der Waals surface area (Å²) in [6.45, 7) is 0.622. The average molecular weight is 279 g/mol. The topological polar surface area (TPSA) is 63.1 Å². The molecular formula is C13H17N3O2S. The molecule has 2 aromatic rings. The summed E-state index contributed by atoms with van der Waals surface area (Å²) in [5, 5.41) is 3.00. The number of hydrogen-bond acceptors (Lipinski definition) is 3. The smallest absolute Gasteiger partial charge is 0.263 e. The standard InChI is InChI=1S/C13H17N3O2S/c1-14-9-12-8-13(10-16(12)2)19(17,18)15-11-6-4-3-5-7-11/h3-8,10,14-15H,9H2,1-2H3. The molecule has 102 valence electrons. The molecule has 0 unspecified atom stereocenters. The Balaban J connectivity index is 2.27. The second kappa shape index (κ2) is 5.46. The molecule has 0 aliphatic rings. The fourth-order valence-electron chi connectivity index (χ4n) is 1.80. The highest BCUT2D eigenvalue weighted by molar-refractivity contribution is 7.92. The molecule has 5 nitrogen and oxygen atoms in total. The lowest BCUT2D eigenvalue weighted by molar-refractivity contribution is 0.601. The van der Waals surface area contributed by atoms with Gasteiger partial charge in [0.25, 0.3) is 10.0 Å². The summed E-state index contributed by atoms with van der Waals surface area (Å²) < 4.78 is 28.8. The largest absolute Gasteiger partial charge is 0.352 e. The van der Waals surface area contributed by atoms with Crippen molar-refractivity contribution in [3.8, 4) is 0 Å². The minimum atomic E-state index is -3.53. The Morgan fingerprint density at radius 1 is 1.21 bits per heavy atom. The molecule has 0 radical (unpaired) electrons. The number of rotatable bonds is 5. The first kappa shape index (κ1) is 13.6. The average Bonchev–Trinajstić information content (AvgIpc) is 2.73. The van der Waals surface area contributed by atoms with Crippen LogP contribution in [0.4, 0.5) is 5.69 Å². The summed E-state index contributed by atoms with van der Waals surface area (Å²) in [5.74, 6) is 0. The van der Waals surface area contributed by atoms with Gasteiger partial charge in [0.2, 0.25) is 0 Å². The van der Waals surface area contributed by atoms with Gasteiger partial charge in [-0.3, -0.25) is 4.72 Å². The number of nitrogens with one attached hydrogen (secondary N) is 2. The molecule has 0 fully saturated rings. The van der Waals surface area contributed by atoms with E-state index in [1.165, 1.54) is 0 Å². The number of nitrogens with zero attached hydrogens (tertiary/aromatic N) is 1. The molecule has 1 aromatic heterocycles. The van der Waals surface area contributed by atoms with Crippen LogP contribution in [0, 0.1) is 0 Å². The molecule has 2 rings (SSSR count). The molecule has 1 aromatic carbocycles. The normalized spacial score (nSPS) is 11.5. The van der Waals surface area contributed by atoms with E-state index < -0.39 is 10.0 Å². The van der Waals surface area contributed by atoms with Crippen LogP contribution in [0.15, 0.2) is 47.5 Å². The Morgan fingerprint density at radius 3 is 2.53 bits per heavy atom. The van der Waals surface area contributed by atoms with E-state index >= 15 is 0 Å². The summed E-state index contributed by atoms with van der Waals surface area (Å²) in [4.78, 5) is 0.268. The summed E-state index contributed by atoms with van der Waals surface area (Å²) in [5.41, 5.74) is 1.47. The maximum Gasteiger partial charge on any atom is 0.263 e. The Kier molecular flexibility index (Phi) is 3.92. The number of aryl methyl sites for hydroxylation is 1. The molecular weight excluding hydrogens is 262 g/mol. The lowest BCUT2D eigenvalue weighted by atomic mass is 10.3. The van der Waals surface area contributed by atoms with Crippen molar-refractivity contribution in [3.05, 3.63) is 48.3 Å². The maximum atomic E-state index is 12.2. The molecule has 0 saturated heterocycles. The lowest BCUT2D eigenvalue weighted by Crippen LogP contribution is -2.12. The van der Waals surface area contributed by atoms with Gasteiger partial charge in [-0.05, 0) is 25.2 Å². The van der Waals surface area contributed by atoms with Crippen LogP contribution in [0.3, 0.4) is 0 Å². The molecule has 2 N–H and O–H groups in total. The number of aromatic nitrogens is 1. The van der Waals surface area contributed by atoms with Gasteiger partial charge in [0, 0.05) is 31.2 Å². The number of anilines is 1. The molecule has 0 atom stereocenters. The zero-order chi connectivity index (χ0) is 13.9. The minimum Gasteiger partial charge on any atom is -0.352 e. The molecule has 0 saturated carbocycles. The van der Waals surface area contributed by atoms with E-state index in [0.29, 0.717) is 12.2 Å². The van der Waals surface area contributed by atoms with Gasteiger partial charge >= 0.3 is 0 Å². The van der Waals surface area contributed by atoms with Gasteiger partial charge < -0.3 is 9.88 Å². The zero-order valence-electron chi connectivity index (χ0n) is 10.9. The van der Waals surface area contributed by atoms with E-state index in [2.05, 4.69) is 10.0 Å². The number of para-hydroxylation sites is 1. The van der Waals surface area contributed by atoms with Crippen molar-refractivity contribution in [1.29, 1.82) is 0 Å². The Bertz CT molecular complexity index is 648. The Labute approximate surface area is 113 Å². The van der Waals surface area contributed by atoms with Crippen LogP contribution in [0.2, 0.25) is 0 Å². The molecule has 0 aliphatic carbocycles. The van der Waals surface area contributed by atoms with Crippen LogP contribution in [0.25, 0.3) is 0 Å². The number of benzene rings is 1. The quantitative estimate of drug-likeness (QED) is 0.873. The third-order valence-electron chi connectivity index (χ3n) is 2.78. The van der Waals surface area contributed by atoms with Gasteiger partial charge in [-0.25, -0.2) is 8.42 Å². The predicted molar refractivity (Wildman–Crippen MR) is 75.4 cm³/mol. The lowest BCUT2D eigenvalue weighted by Gasteiger charge is -2.05. The third kappa shape index (κ3) is 3.15. The first-order valence-electron chi connectivity index (χ1n) is 5.90. The molecule has 0 bridgehead atoms. The van der Waals surface area contributed by atoms with E-state index in [-0.39, 0.29) is 4.90 Å². The highest BCUT2D eigenvalue weighted by Crippen LogP contribution is 2.17. The zero-order valence-corrected chi connectivity index (χ0v) is 11.7. The number of sulfonamides is 1. The fraction of sp³-hybridized carbons (Fsp3) is 0.231. The first-order valence-corrected chi connectivity index (χ1v) is 7.39. The summed E-state index contributed by atoms with van der Waals surface area (Å²) in [6.07, 6.45) is 1.61. The van der Waals surface area contributed by atoms with Gasteiger partial charge in [0.05, 0.1) is 0 Å². The van der Waals surface area contributed by atoms with E-state index in [1.807, 2.05) is 20.2 Å². The van der Waals surface area contributed by atoms with Crippen LogP contribution in [0.5, 0.6) is 0 Å². The Hall–Kier alpha value is -1.79. The third-order valence-corrected chi connectivity index (χ3v) is 4.13. The van der Waals surface area contributed by atoms with Crippen molar-refractivity contribution in [2.75, 3.05) is 11.8 Å². The van der Waals surface area contributed by atoms with Gasteiger partial charge in [0.1, 0.15) is 4.90 Å². The SMILES string of the molecule is CNCc1cc(S(=O)(=O)Nc2ccccc2)cn1C. The van der Waals surface area contributed by atoms with Crippen LogP contribution in [-0.2, 0) is 23.6 Å². The molecule has 6 heteroatoms. The molecule has 1 heterocycles. The highest BCUT2D eigenvalue weighted by Gasteiger charge is 2.17. The summed E-state index contributed by atoms with van der Waals surface area (Å²) in [6, 6.07) is 10.5. The van der Waals surface area contributed by atoms with E-state index in [9.17, 15) is 8.42 Å². The molecule has 0 amide bonds.